The van der Waals surface area contributed by atoms with E-state index >= 15 is 0 Å². The van der Waals surface area contributed by atoms with Crippen LogP contribution in [-0.2, 0) is 32.2 Å². The third kappa shape index (κ3) is 5.70. The van der Waals surface area contributed by atoms with E-state index in [1.54, 1.807) is 9.13 Å². The van der Waals surface area contributed by atoms with Gasteiger partial charge in [0.1, 0.15) is 61.1 Å². The Bertz CT molecular complexity index is 1670. The first-order valence-electron chi connectivity index (χ1n) is 12.6. The fraction of sp³-hybridized carbons (Fsp3) is 0.524. The molecule has 0 spiro atoms. The summed E-state index contributed by atoms with van der Waals surface area (Å²) >= 11 is 0. The Hall–Kier alpha value is -3.25. The highest BCUT2D eigenvalue weighted by Gasteiger charge is 2.44. The molecule has 6 heterocycles. The summed E-state index contributed by atoms with van der Waals surface area (Å²) in [6.45, 7) is 0.696. The number of hydrogen-bond acceptors (Lipinski definition) is 16. The van der Waals surface area contributed by atoms with Gasteiger partial charge in [0, 0.05) is 24.1 Å². The molecule has 0 radical (unpaired) electrons. The van der Waals surface area contributed by atoms with Gasteiger partial charge in [-0.2, -0.15) is 0 Å². The molecule has 8 atom stereocenters. The number of rotatable bonds is 10. The Labute approximate surface area is 237 Å². The topological polar surface area (TPSA) is 260 Å². The highest BCUT2D eigenvalue weighted by atomic mass is 31.2. The van der Waals surface area contributed by atoms with E-state index in [1.807, 2.05) is 0 Å². The molecular weight excluding hydrogens is 598 g/mol. The minimum atomic E-state index is -3.78. The van der Waals surface area contributed by atoms with Crippen LogP contribution < -0.4 is 11.5 Å². The monoisotopic (exact) mass is 625 g/mol. The lowest BCUT2D eigenvalue weighted by atomic mass is 10.2. The van der Waals surface area contributed by atoms with Crippen molar-refractivity contribution in [2.45, 2.75) is 49.7 Å². The van der Waals surface area contributed by atoms with Gasteiger partial charge in [-0.25, -0.2) is 29.9 Å². The summed E-state index contributed by atoms with van der Waals surface area (Å²) < 4.78 is 56.2. The van der Waals surface area contributed by atoms with E-state index in [1.165, 1.54) is 32.0 Å². The fourth-order valence-corrected chi connectivity index (χ4v) is 6.42. The lowest BCUT2D eigenvalue weighted by molar-refractivity contribution is -0.0476. The van der Waals surface area contributed by atoms with Gasteiger partial charge in [0.25, 0.3) is 0 Å². The molecule has 4 aromatic heterocycles. The maximum absolute atomic E-state index is 13.4. The molecule has 2 saturated heterocycles. The number of hydrogen-bond donors (Lipinski definition) is 4. The zero-order chi connectivity index (χ0) is 29.6. The number of anilines is 2. The van der Waals surface area contributed by atoms with E-state index < -0.39 is 52.7 Å². The van der Waals surface area contributed by atoms with Crippen LogP contribution in [0.15, 0.2) is 25.3 Å². The number of nitrogen functional groups attached to an aromatic ring is 2. The minimum Gasteiger partial charge on any atom is -0.390 e. The molecule has 2 aliphatic rings. The smallest absolute Gasteiger partial charge is 0.390 e. The molecule has 6 N–H and O–H groups in total. The zero-order valence-electron chi connectivity index (χ0n) is 22.0. The normalized spacial score (nSPS) is 28.0. The predicted octanol–water partition coefficient (Wildman–Crippen LogP) is 0.658. The molecule has 2 aliphatic heterocycles. The standard InChI is InChI=1S/C21H26N10O9P2/c1-42(35,37-5-12-10(32)2-14(38-12)30-8-28-16-18(22)24-6-26-20(16)30)40-11-3-15(39-13(11)4-36-41(33)34)31-9-29-17-19(23)25-7-27-21(17)31/h6-15,32H,2-5H2,1H3,(H4-,22,23,24,25,26,27,33,34)/p+1/t10-,11-,12+,13+,14+,15+,42-/m0/s1. The summed E-state index contributed by atoms with van der Waals surface area (Å²) in [5.74, 6) is 0.401. The second-order valence-electron chi connectivity index (χ2n) is 9.71. The number of aromatic nitrogens is 8. The van der Waals surface area contributed by atoms with Crippen molar-refractivity contribution in [3.05, 3.63) is 25.3 Å². The molecule has 224 valence electrons. The van der Waals surface area contributed by atoms with Gasteiger partial charge in [0.15, 0.2) is 22.9 Å². The Morgan fingerprint density at radius 2 is 1.52 bits per heavy atom. The lowest BCUT2D eigenvalue weighted by Crippen LogP contribution is -2.29. The average Bonchev–Trinajstić information content (AvgIpc) is 3.72. The van der Waals surface area contributed by atoms with E-state index in [0.29, 0.717) is 22.3 Å². The number of nitrogens with zero attached hydrogens (tertiary/aromatic N) is 8. The van der Waals surface area contributed by atoms with E-state index in [9.17, 15) is 14.2 Å². The number of imidazole rings is 2. The van der Waals surface area contributed by atoms with E-state index in [-0.39, 0.29) is 37.7 Å². The summed E-state index contributed by atoms with van der Waals surface area (Å²) in [4.78, 5) is 33.8. The van der Waals surface area contributed by atoms with Gasteiger partial charge in [0.05, 0.1) is 25.4 Å². The van der Waals surface area contributed by atoms with Crippen molar-refractivity contribution in [1.29, 1.82) is 0 Å². The number of fused-ring (bicyclic) bond motifs is 2. The molecule has 0 amide bonds. The largest absolute Gasteiger partial charge is 0.694 e. The third-order valence-electron chi connectivity index (χ3n) is 6.93. The highest BCUT2D eigenvalue weighted by Crippen LogP contribution is 2.50. The number of nitrogens with two attached hydrogens (primary N) is 2. The second kappa shape index (κ2) is 11.4. The van der Waals surface area contributed by atoms with Crippen LogP contribution in [0.3, 0.4) is 0 Å². The summed E-state index contributed by atoms with van der Waals surface area (Å²) in [7, 11) is -6.70. The van der Waals surface area contributed by atoms with Crippen LogP contribution in [0.2, 0.25) is 0 Å². The molecule has 0 aliphatic carbocycles. The summed E-state index contributed by atoms with van der Waals surface area (Å²) in [6, 6.07) is 0. The quantitative estimate of drug-likeness (QED) is 0.176. The molecule has 19 nitrogen and oxygen atoms in total. The SMILES string of the molecule is C[P@](=O)(OC[C@H]1O[C@@H](n2cnc3c(N)ncnc32)C[C@@H]1O)O[C@H]1C[C@H](n2cnc3c(N)ncnc32)O[C@@H]1CO[P+](=O)O. The van der Waals surface area contributed by atoms with Gasteiger partial charge in [-0.1, -0.05) is 0 Å². The Balaban J connectivity index is 1.12. The Morgan fingerprint density at radius 1 is 0.952 bits per heavy atom. The van der Waals surface area contributed by atoms with Crippen molar-refractivity contribution in [1.82, 2.24) is 39.0 Å². The minimum absolute atomic E-state index is 0.149. The maximum Gasteiger partial charge on any atom is 0.694 e. The van der Waals surface area contributed by atoms with Gasteiger partial charge < -0.3 is 35.1 Å². The summed E-state index contributed by atoms with van der Waals surface area (Å²) in [5.41, 5.74) is 13.4. The second-order valence-corrected chi connectivity index (χ2v) is 12.5. The maximum atomic E-state index is 13.4. The first-order valence-corrected chi connectivity index (χ1v) is 15.8. The van der Waals surface area contributed by atoms with Crippen LogP contribution in [0.1, 0.15) is 25.3 Å². The molecule has 4 aromatic rings. The van der Waals surface area contributed by atoms with Crippen LogP contribution in [0.5, 0.6) is 0 Å². The lowest BCUT2D eigenvalue weighted by Gasteiger charge is -2.23. The van der Waals surface area contributed by atoms with E-state index in [0.717, 1.165) is 0 Å². The van der Waals surface area contributed by atoms with Crippen LogP contribution in [0.25, 0.3) is 22.3 Å². The molecule has 0 saturated carbocycles. The third-order valence-corrected chi connectivity index (χ3v) is 8.57. The molecule has 2 fully saturated rings. The van der Waals surface area contributed by atoms with Crippen molar-refractivity contribution in [3.63, 3.8) is 0 Å². The molecule has 42 heavy (non-hydrogen) atoms. The van der Waals surface area contributed by atoms with Crippen LogP contribution in [0, 0.1) is 0 Å². The number of aliphatic hydroxyl groups is 1. The Kier molecular flexibility index (Phi) is 7.86. The summed E-state index contributed by atoms with van der Waals surface area (Å²) in [5, 5.41) is 10.6. The van der Waals surface area contributed by atoms with Crippen molar-refractivity contribution in [2.24, 2.45) is 0 Å². The van der Waals surface area contributed by atoms with Crippen LogP contribution in [-0.4, -0.2) is 93.3 Å². The van der Waals surface area contributed by atoms with Crippen molar-refractivity contribution in [3.8, 4) is 0 Å². The molecule has 6 rings (SSSR count). The fourth-order valence-electron chi connectivity index (χ4n) is 4.95. The van der Waals surface area contributed by atoms with E-state index in [4.69, 9.17) is 39.4 Å². The van der Waals surface area contributed by atoms with Gasteiger partial charge in [-0.05, 0) is 0 Å². The van der Waals surface area contributed by atoms with E-state index in [2.05, 4.69) is 29.9 Å². The van der Waals surface area contributed by atoms with Crippen molar-refractivity contribution < 1.29 is 42.2 Å². The molecular formula is C21H27N10O9P2+. The highest BCUT2D eigenvalue weighted by molar-refractivity contribution is 7.53. The molecule has 0 aromatic carbocycles. The van der Waals surface area contributed by atoms with Gasteiger partial charge in [0.2, 0.25) is 0 Å². The van der Waals surface area contributed by atoms with Crippen molar-refractivity contribution >= 4 is 49.8 Å². The number of aliphatic hydroxyl groups excluding tert-OH is 1. The summed E-state index contributed by atoms with van der Waals surface area (Å²) in [6.07, 6.45) is 1.01. The molecule has 21 heteroatoms. The first-order chi connectivity index (χ1) is 20.1. The van der Waals surface area contributed by atoms with Gasteiger partial charge in [-0.15, -0.1) is 9.42 Å². The van der Waals surface area contributed by atoms with Crippen molar-refractivity contribution in [2.75, 3.05) is 31.3 Å². The average molecular weight is 625 g/mol. The Morgan fingerprint density at radius 3 is 2.12 bits per heavy atom. The number of ether oxygens (including phenoxy) is 2. The first kappa shape index (κ1) is 28.9. The zero-order valence-corrected chi connectivity index (χ0v) is 23.8. The molecule has 1 unspecified atom stereocenters. The molecule has 0 bridgehead atoms. The van der Waals surface area contributed by atoms with Crippen LogP contribution in [0.4, 0.5) is 11.6 Å². The van der Waals surface area contributed by atoms with Crippen LogP contribution >= 0.6 is 15.9 Å². The van der Waals surface area contributed by atoms with Gasteiger partial charge in [-0.3, -0.25) is 13.7 Å². The van der Waals surface area contributed by atoms with Gasteiger partial charge >= 0.3 is 15.9 Å². The predicted molar refractivity (Wildman–Crippen MR) is 143 cm³/mol.